The summed E-state index contributed by atoms with van der Waals surface area (Å²) >= 11 is 0. The molecule has 0 radical (unpaired) electrons. The standard InChI is InChI=1S/C24H19F3N6O4/c1-13(2)14-3-5-15(6-4-14)18-11-20(24(25,26)27)32-21(29-18)12-19(30-32)23(34)37-31-22(28)16-7-9-17(10-8-16)33(35)36/h3-13H,1-2H3,(H2,28,31). The number of oxime groups is 1. The summed E-state index contributed by atoms with van der Waals surface area (Å²) in [5.74, 6) is -1.21. The van der Waals surface area contributed by atoms with E-state index in [-0.39, 0.29) is 34.3 Å². The first kappa shape index (κ1) is 25.3. The fourth-order valence-corrected chi connectivity index (χ4v) is 3.41. The normalized spacial score (nSPS) is 12.2. The number of nitrogens with two attached hydrogens (primary N) is 1. The summed E-state index contributed by atoms with van der Waals surface area (Å²) in [7, 11) is 0. The van der Waals surface area contributed by atoms with Crippen molar-refractivity contribution in [3.63, 3.8) is 0 Å². The summed E-state index contributed by atoms with van der Waals surface area (Å²) in [6.45, 7) is 4.00. The van der Waals surface area contributed by atoms with Gasteiger partial charge in [0.25, 0.3) is 5.69 Å². The molecule has 190 valence electrons. The minimum atomic E-state index is -4.79. The lowest BCUT2D eigenvalue weighted by Gasteiger charge is -2.11. The molecular formula is C24H19F3N6O4. The topological polar surface area (TPSA) is 138 Å². The van der Waals surface area contributed by atoms with Crippen molar-refractivity contribution in [2.75, 3.05) is 0 Å². The van der Waals surface area contributed by atoms with Gasteiger partial charge in [-0.15, -0.1) is 0 Å². The second-order valence-corrected chi connectivity index (χ2v) is 8.26. The number of alkyl halides is 3. The molecule has 0 aliphatic rings. The third-order valence-corrected chi connectivity index (χ3v) is 5.40. The summed E-state index contributed by atoms with van der Waals surface area (Å²) in [6, 6.07) is 13.8. The molecule has 0 saturated carbocycles. The Kier molecular flexibility index (Phi) is 6.62. The molecule has 4 rings (SSSR count). The first-order chi connectivity index (χ1) is 17.4. The first-order valence-corrected chi connectivity index (χ1v) is 10.8. The highest BCUT2D eigenvalue weighted by Gasteiger charge is 2.36. The van der Waals surface area contributed by atoms with Crippen molar-refractivity contribution in [1.82, 2.24) is 14.6 Å². The van der Waals surface area contributed by atoms with E-state index < -0.39 is 28.5 Å². The smallest absolute Gasteiger partial charge is 0.380 e. The maximum absolute atomic E-state index is 13.8. The quantitative estimate of drug-likeness (QED) is 0.127. The second-order valence-electron chi connectivity index (χ2n) is 8.26. The molecule has 0 saturated heterocycles. The molecule has 0 atom stereocenters. The SMILES string of the molecule is CC(C)c1ccc(-c2cc(C(F)(F)F)n3nc(C(=O)O/N=C(\N)c4ccc([N+](=O)[O-])cc4)cc3n2)cc1. The van der Waals surface area contributed by atoms with Gasteiger partial charge in [-0.2, -0.15) is 18.3 Å². The summed E-state index contributed by atoms with van der Waals surface area (Å²) in [6.07, 6.45) is -4.79. The second kappa shape index (κ2) is 9.68. The van der Waals surface area contributed by atoms with Crippen molar-refractivity contribution in [3.8, 4) is 11.3 Å². The third kappa shape index (κ3) is 5.39. The summed E-state index contributed by atoms with van der Waals surface area (Å²) in [5.41, 5.74) is 5.47. The fourth-order valence-electron chi connectivity index (χ4n) is 3.41. The number of benzene rings is 2. The number of carbonyl (C=O) groups excluding carboxylic acids is 1. The van der Waals surface area contributed by atoms with Crippen molar-refractivity contribution >= 4 is 23.1 Å². The van der Waals surface area contributed by atoms with E-state index in [4.69, 9.17) is 10.6 Å². The van der Waals surface area contributed by atoms with E-state index in [1.807, 2.05) is 26.0 Å². The Morgan fingerprint density at radius 2 is 1.76 bits per heavy atom. The molecule has 0 fully saturated rings. The van der Waals surface area contributed by atoms with Gasteiger partial charge in [-0.3, -0.25) is 10.1 Å². The number of hydrogen-bond donors (Lipinski definition) is 1. The number of aromatic nitrogens is 3. The maximum Gasteiger partial charge on any atom is 0.433 e. The highest BCUT2D eigenvalue weighted by molar-refractivity contribution is 5.98. The number of nitro benzene ring substituents is 1. The Morgan fingerprint density at radius 3 is 2.32 bits per heavy atom. The van der Waals surface area contributed by atoms with Crippen LogP contribution in [-0.2, 0) is 11.0 Å². The molecule has 4 aromatic rings. The molecule has 10 nitrogen and oxygen atoms in total. The molecule has 0 unspecified atom stereocenters. The minimum absolute atomic E-state index is 0.0513. The van der Waals surface area contributed by atoms with Crippen LogP contribution < -0.4 is 5.73 Å². The van der Waals surface area contributed by atoms with Crippen LogP contribution in [0.25, 0.3) is 16.9 Å². The molecule has 37 heavy (non-hydrogen) atoms. The predicted octanol–water partition coefficient (Wildman–Crippen LogP) is 4.92. The van der Waals surface area contributed by atoms with Crippen LogP contribution in [0.3, 0.4) is 0 Å². The van der Waals surface area contributed by atoms with Gasteiger partial charge >= 0.3 is 12.1 Å². The number of nitro groups is 1. The van der Waals surface area contributed by atoms with Gasteiger partial charge in [0, 0.05) is 29.3 Å². The van der Waals surface area contributed by atoms with E-state index in [0.717, 1.165) is 17.7 Å². The average Bonchev–Trinajstić information content (AvgIpc) is 3.30. The van der Waals surface area contributed by atoms with Gasteiger partial charge in [-0.05, 0) is 29.7 Å². The number of hydrogen-bond acceptors (Lipinski definition) is 7. The van der Waals surface area contributed by atoms with Crippen LogP contribution in [-0.4, -0.2) is 31.3 Å². The molecular weight excluding hydrogens is 493 g/mol. The van der Waals surface area contributed by atoms with E-state index in [1.165, 1.54) is 24.3 Å². The van der Waals surface area contributed by atoms with Gasteiger partial charge in [-0.25, -0.2) is 14.3 Å². The molecule has 0 bridgehead atoms. The van der Waals surface area contributed by atoms with Crippen molar-refractivity contribution < 1.29 is 27.7 Å². The molecule has 2 aromatic carbocycles. The number of non-ortho nitro benzene ring substituents is 1. The zero-order valence-corrected chi connectivity index (χ0v) is 19.4. The van der Waals surface area contributed by atoms with Crippen molar-refractivity contribution in [2.45, 2.75) is 25.9 Å². The fraction of sp³-hybridized carbons (Fsp3) is 0.167. The van der Waals surface area contributed by atoms with Crippen molar-refractivity contribution in [1.29, 1.82) is 0 Å². The van der Waals surface area contributed by atoms with E-state index in [1.54, 1.807) is 12.1 Å². The first-order valence-electron chi connectivity index (χ1n) is 10.8. The largest absolute Gasteiger partial charge is 0.433 e. The number of amidine groups is 1. The van der Waals surface area contributed by atoms with Gasteiger partial charge < -0.3 is 10.6 Å². The van der Waals surface area contributed by atoms with Crippen LogP contribution in [0.15, 0.2) is 65.8 Å². The molecule has 2 N–H and O–H groups in total. The van der Waals surface area contributed by atoms with Crippen LogP contribution in [0.1, 0.15) is 47.1 Å². The van der Waals surface area contributed by atoms with Crippen molar-refractivity contribution in [2.24, 2.45) is 10.9 Å². The van der Waals surface area contributed by atoms with E-state index in [2.05, 4.69) is 15.2 Å². The highest BCUT2D eigenvalue weighted by atomic mass is 19.4. The summed E-state index contributed by atoms with van der Waals surface area (Å²) in [4.78, 5) is 31.6. The van der Waals surface area contributed by atoms with Crippen LogP contribution in [0.5, 0.6) is 0 Å². The molecule has 0 aliphatic heterocycles. The molecule has 2 aromatic heterocycles. The summed E-state index contributed by atoms with van der Waals surface area (Å²) < 4.78 is 42.0. The Labute approximate surface area is 207 Å². The number of carbonyl (C=O) groups is 1. The van der Waals surface area contributed by atoms with E-state index >= 15 is 0 Å². The molecule has 0 spiro atoms. The van der Waals surface area contributed by atoms with Crippen LogP contribution in [0.4, 0.5) is 18.9 Å². The average molecular weight is 512 g/mol. The van der Waals surface area contributed by atoms with Gasteiger partial charge in [0.1, 0.15) is 0 Å². The number of halogens is 3. The number of rotatable bonds is 6. The number of nitrogens with zero attached hydrogens (tertiary/aromatic N) is 5. The maximum atomic E-state index is 13.8. The van der Waals surface area contributed by atoms with Gasteiger partial charge in [0.15, 0.2) is 22.9 Å². The predicted molar refractivity (Wildman–Crippen MR) is 127 cm³/mol. The van der Waals surface area contributed by atoms with Crippen molar-refractivity contribution in [3.05, 3.63) is 93.3 Å². The van der Waals surface area contributed by atoms with E-state index in [0.29, 0.717) is 10.1 Å². The minimum Gasteiger partial charge on any atom is -0.380 e. The van der Waals surface area contributed by atoms with Crippen LogP contribution in [0, 0.1) is 10.1 Å². The summed E-state index contributed by atoms with van der Waals surface area (Å²) in [5, 5.41) is 17.9. The third-order valence-electron chi connectivity index (χ3n) is 5.40. The lowest BCUT2D eigenvalue weighted by molar-refractivity contribution is -0.384. The lowest BCUT2D eigenvalue weighted by Crippen LogP contribution is -2.16. The van der Waals surface area contributed by atoms with Gasteiger partial charge in [-0.1, -0.05) is 43.3 Å². The Balaban J connectivity index is 1.65. The number of fused-ring (bicyclic) bond motifs is 1. The lowest BCUT2D eigenvalue weighted by atomic mass is 10.0. The molecule has 13 heteroatoms. The van der Waals surface area contributed by atoms with Crippen LogP contribution >= 0.6 is 0 Å². The highest BCUT2D eigenvalue weighted by Crippen LogP contribution is 2.32. The van der Waals surface area contributed by atoms with Gasteiger partial charge in [0.2, 0.25) is 0 Å². The Morgan fingerprint density at radius 1 is 1.11 bits per heavy atom. The monoisotopic (exact) mass is 512 g/mol. The molecule has 0 amide bonds. The van der Waals surface area contributed by atoms with E-state index in [9.17, 15) is 28.1 Å². The zero-order valence-electron chi connectivity index (χ0n) is 19.4. The molecule has 2 heterocycles. The Hall–Kier alpha value is -4.81. The van der Waals surface area contributed by atoms with Gasteiger partial charge in [0.05, 0.1) is 10.6 Å². The Bertz CT molecular complexity index is 1510. The zero-order chi connectivity index (χ0) is 26.9. The van der Waals surface area contributed by atoms with Crippen LogP contribution in [0.2, 0.25) is 0 Å². The molecule has 0 aliphatic carbocycles.